The third kappa shape index (κ3) is 7.85. The van der Waals surface area contributed by atoms with Gasteiger partial charge in [-0.3, -0.25) is 9.78 Å². The lowest BCUT2D eigenvalue weighted by Gasteiger charge is -2.33. The summed E-state index contributed by atoms with van der Waals surface area (Å²) in [6, 6.07) is 14.7. The van der Waals surface area contributed by atoms with E-state index in [0.29, 0.717) is 19.1 Å². The van der Waals surface area contributed by atoms with Crippen molar-refractivity contribution in [1.29, 1.82) is 5.26 Å². The van der Waals surface area contributed by atoms with E-state index in [2.05, 4.69) is 45.7 Å². The Morgan fingerprint density at radius 2 is 1.98 bits per heavy atom. The van der Waals surface area contributed by atoms with Crippen molar-refractivity contribution in [3.05, 3.63) is 59.5 Å². The fourth-order valence-electron chi connectivity index (χ4n) is 5.03. The predicted octanol–water partition coefficient (Wildman–Crippen LogP) is 3.91. The summed E-state index contributed by atoms with van der Waals surface area (Å²) in [6.45, 7) is 6.64. The monoisotopic (exact) mass is 557 g/mol. The Labute approximate surface area is 242 Å². The number of aromatic nitrogens is 2. The quantitative estimate of drug-likeness (QED) is 0.368. The normalized spacial score (nSPS) is 14.1. The molecule has 3 heterocycles. The first-order valence-corrected chi connectivity index (χ1v) is 14.1. The number of nitrogens with zero attached hydrogens (tertiary/aromatic N) is 5. The SMILES string of the molecule is CN(C)CC(=O)N1CCC(NCc2ccc3c(c2)cc(C#CCNc2ccc(C(C)(C)C#N)nc2)n3CCF)CC1. The predicted molar refractivity (Wildman–Crippen MR) is 161 cm³/mol. The van der Waals surface area contributed by atoms with E-state index in [9.17, 15) is 14.4 Å². The number of alkyl halides is 1. The van der Waals surface area contributed by atoms with Gasteiger partial charge in [-0.25, -0.2) is 4.39 Å². The number of nitrogens with one attached hydrogen (secondary N) is 2. The fourth-order valence-corrected chi connectivity index (χ4v) is 5.03. The Kier molecular flexibility index (Phi) is 9.99. The summed E-state index contributed by atoms with van der Waals surface area (Å²) >= 11 is 0. The third-order valence-electron chi connectivity index (χ3n) is 7.45. The Hall–Kier alpha value is -3.92. The number of anilines is 1. The molecule has 1 amide bonds. The van der Waals surface area contributed by atoms with Gasteiger partial charge in [0, 0.05) is 36.6 Å². The van der Waals surface area contributed by atoms with Gasteiger partial charge in [-0.1, -0.05) is 12.0 Å². The van der Waals surface area contributed by atoms with Crippen molar-refractivity contribution in [3.63, 3.8) is 0 Å². The van der Waals surface area contributed by atoms with Gasteiger partial charge >= 0.3 is 0 Å². The Morgan fingerprint density at radius 1 is 1.20 bits per heavy atom. The average Bonchev–Trinajstić information content (AvgIpc) is 3.31. The number of carbonyl (C=O) groups excluding carboxylic acids is 1. The number of halogens is 1. The maximum absolute atomic E-state index is 13.4. The minimum absolute atomic E-state index is 0.193. The Balaban J connectivity index is 1.35. The number of hydrogen-bond acceptors (Lipinski definition) is 6. The molecule has 9 heteroatoms. The summed E-state index contributed by atoms with van der Waals surface area (Å²) in [5.74, 6) is 6.54. The number of benzene rings is 1. The first-order valence-electron chi connectivity index (χ1n) is 14.1. The molecule has 41 heavy (non-hydrogen) atoms. The highest BCUT2D eigenvalue weighted by atomic mass is 19.1. The number of likely N-dealkylation sites (tertiary alicyclic amines) is 1. The lowest BCUT2D eigenvalue weighted by Crippen LogP contribution is -2.47. The van der Waals surface area contributed by atoms with E-state index < -0.39 is 12.1 Å². The zero-order chi connectivity index (χ0) is 29.4. The van der Waals surface area contributed by atoms with Gasteiger partial charge in [0.1, 0.15) is 6.67 Å². The number of piperidine rings is 1. The van der Waals surface area contributed by atoms with E-state index in [1.54, 1.807) is 6.20 Å². The summed E-state index contributed by atoms with van der Waals surface area (Å²) in [5.41, 5.74) is 3.82. The molecule has 3 aromatic rings. The molecule has 216 valence electrons. The molecule has 0 atom stereocenters. The smallest absolute Gasteiger partial charge is 0.236 e. The molecule has 1 aliphatic heterocycles. The number of likely N-dealkylation sites (N-methyl/N-ethyl adjacent to an activating group) is 1. The number of pyridine rings is 1. The van der Waals surface area contributed by atoms with Crippen molar-refractivity contribution in [2.24, 2.45) is 0 Å². The van der Waals surface area contributed by atoms with E-state index in [1.807, 2.05) is 66.6 Å². The second-order valence-electron chi connectivity index (χ2n) is 11.4. The van der Waals surface area contributed by atoms with Gasteiger partial charge in [-0.15, -0.1) is 0 Å². The average molecular weight is 558 g/mol. The number of amides is 1. The zero-order valence-electron chi connectivity index (χ0n) is 24.5. The van der Waals surface area contributed by atoms with E-state index in [1.165, 1.54) is 0 Å². The van der Waals surface area contributed by atoms with Crippen molar-refractivity contribution >= 4 is 22.5 Å². The molecule has 0 spiro atoms. The van der Waals surface area contributed by atoms with Crippen molar-refractivity contribution in [3.8, 4) is 17.9 Å². The summed E-state index contributed by atoms with van der Waals surface area (Å²) < 4.78 is 15.3. The van der Waals surface area contributed by atoms with Crippen LogP contribution in [0, 0.1) is 23.2 Å². The van der Waals surface area contributed by atoms with Gasteiger partial charge in [0.25, 0.3) is 0 Å². The van der Waals surface area contributed by atoms with E-state index in [4.69, 9.17) is 0 Å². The lowest BCUT2D eigenvalue weighted by atomic mass is 9.91. The Bertz CT molecular complexity index is 1430. The summed E-state index contributed by atoms with van der Waals surface area (Å²) in [7, 11) is 3.83. The molecule has 0 bridgehead atoms. The topological polar surface area (TPSA) is 89.2 Å². The molecular weight excluding hydrogens is 517 g/mol. The van der Waals surface area contributed by atoms with Gasteiger partial charge in [0.2, 0.25) is 5.91 Å². The minimum Gasteiger partial charge on any atom is -0.373 e. The van der Waals surface area contributed by atoms with Crippen LogP contribution in [0.4, 0.5) is 10.1 Å². The lowest BCUT2D eigenvalue weighted by molar-refractivity contribution is -0.132. The van der Waals surface area contributed by atoms with E-state index in [-0.39, 0.29) is 12.5 Å². The number of carbonyl (C=O) groups is 1. The van der Waals surface area contributed by atoms with Crippen LogP contribution in [0.2, 0.25) is 0 Å². The van der Waals surface area contributed by atoms with Gasteiger partial charge in [-0.2, -0.15) is 5.26 Å². The number of fused-ring (bicyclic) bond motifs is 1. The van der Waals surface area contributed by atoms with Gasteiger partial charge < -0.3 is 25.0 Å². The standard InChI is InChI=1S/C32H40FN7O/c1-32(2,23-34)30-10-8-27(21-37-30)35-14-5-6-28-19-25-18-24(7-9-29(25)40(28)17-13-33)20-36-26-11-15-39(16-12-26)31(41)22-38(3)4/h7-10,18-19,21,26,35-36H,11-17,20,22H2,1-4H3. The van der Waals surface area contributed by atoms with Crippen LogP contribution >= 0.6 is 0 Å². The first kappa shape index (κ1) is 30.0. The van der Waals surface area contributed by atoms with Gasteiger partial charge in [-0.05, 0) is 82.6 Å². The second-order valence-corrected chi connectivity index (χ2v) is 11.4. The van der Waals surface area contributed by atoms with Crippen molar-refractivity contribution in [1.82, 2.24) is 24.7 Å². The maximum atomic E-state index is 13.4. The molecule has 1 saturated heterocycles. The van der Waals surface area contributed by atoms with Crippen LogP contribution < -0.4 is 10.6 Å². The fraction of sp³-hybridized carbons (Fsp3) is 0.469. The van der Waals surface area contributed by atoms with Gasteiger partial charge in [0.15, 0.2) is 0 Å². The maximum Gasteiger partial charge on any atom is 0.236 e. The molecule has 1 aromatic carbocycles. The highest BCUT2D eigenvalue weighted by molar-refractivity contribution is 5.83. The molecule has 1 fully saturated rings. The Morgan fingerprint density at radius 3 is 2.63 bits per heavy atom. The van der Waals surface area contributed by atoms with Gasteiger partial charge in [0.05, 0.1) is 54.4 Å². The molecule has 0 saturated carbocycles. The van der Waals surface area contributed by atoms with Crippen molar-refractivity contribution < 1.29 is 9.18 Å². The minimum atomic E-state index is -0.636. The molecule has 2 N–H and O–H groups in total. The van der Waals surface area contributed by atoms with Crippen LogP contribution in [0.15, 0.2) is 42.6 Å². The number of aryl methyl sites for hydroxylation is 1. The molecule has 8 nitrogen and oxygen atoms in total. The highest BCUT2D eigenvalue weighted by Crippen LogP contribution is 2.23. The largest absolute Gasteiger partial charge is 0.373 e. The molecule has 1 aliphatic rings. The van der Waals surface area contributed by atoms with Crippen LogP contribution in [0.1, 0.15) is 43.6 Å². The van der Waals surface area contributed by atoms with Crippen LogP contribution in [-0.2, 0) is 23.3 Å². The van der Waals surface area contributed by atoms with E-state index in [0.717, 1.165) is 66.0 Å². The van der Waals surface area contributed by atoms with Crippen molar-refractivity contribution in [2.45, 2.75) is 51.2 Å². The summed E-state index contributed by atoms with van der Waals surface area (Å²) in [4.78, 5) is 20.6. The number of nitriles is 1. The molecule has 0 radical (unpaired) electrons. The number of hydrogen-bond donors (Lipinski definition) is 2. The zero-order valence-corrected chi connectivity index (χ0v) is 24.5. The van der Waals surface area contributed by atoms with E-state index >= 15 is 0 Å². The third-order valence-corrected chi connectivity index (χ3v) is 7.45. The highest BCUT2D eigenvalue weighted by Gasteiger charge is 2.23. The molecule has 0 aliphatic carbocycles. The second kappa shape index (κ2) is 13.6. The molecule has 0 unspecified atom stereocenters. The van der Waals surface area contributed by atoms with Crippen LogP contribution in [0.25, 0.3) is 10.9 Å². The summed E-state index contributed by atoms with van der Waals surface area (Å²) in [6.07, 6.45) is 3.60. The summed E-state index contributed by atoms with van der Waals surface area (Å²) in [5, 5.41) is 17.2. The molecule has 4 rings (SSSR count). The van der Waals surface area contributed by atoms with Crippen LogP contribution in [0.5, 0.6) is 0 Å². The van der Waals surface area contributed by atoms with Crippen molar-refractivity contribution in [2.75, 3.05) is 52.3 Å². The molecule has 2 aromatic heterocycles. The first-order chi connectivity index (χ1) is 19.7. The van der Waals surface area contributed by atoms with Crippen LogP contribution in [-0.4, -0.2) is 78.2 Å². The number of rotatable bonds is 10. The molecular formula is C32H40FN7O. The van der Waals surface area contributed by atoms with Crippen LogP contribution in [0.3, 0.4) is 0 Å².